The minimum absolute atomic E-state index is 0.0270. The normalized spacial score (nSPS) is 42.0. The van der Waals surface area contributed by atoms with Crippen LogP contribution in [0.3, 0.4) is 0 Å². The van der Waals surface area contributed by atoms with Crippen LogP contribution in [0.25, 0.3) is 0 Å². The molecule has 0 aromatic rings. The van der Waals surface area contributed by atoms with Gasteiger partial charge >= 0.3 is 5.97 Å². The predicted molar refractivity (Wildman–Crippen MR) is 133 cm³/mol. The van der Waals surface area contributed by atoms with E-state index in [4.69, 9.17) is 4.74 Å². The van der Waals surface area contributed by atoms with Crippen LogP contribution in [0.1, 0.15) is 119 Å². The van der Waals surface area contributed by atoms with E-state index in [1.165, 1.54) is 57.8 Å². The van der Waals surface area contributed by atoms with Gasteiger partial charge in [-0.3, -0.25) is 4.79 Å². The number of hydrogen-bond donors (Lipinski definition) is 0. The molecule has 0 N–H and O–H groups in total. The first-order valence-corrected chi connectivity index (χ1v) is 14.1. The maximum absolute atomic E-state index is 11.9. The third kappa shape index (κ3) is 4.34. The molecule has 4 aliphatic rings. The lowest BCUT2D eigenvalue weighted by Gasteiger charge is -2.58. The zero-order valence-corrected chi connectivity index (χ0v) is 21.9. The van der Waals surface area contributed by atoms with Gasteiger partial charge in [0.05, 0.1) is 0 Å². The van der Waals surface area contributed by atoms with E-state index in [1.807, 2.05) is 6.92 Å². The minimum Gasteiger partial charge on any atom is -0.462 e. The number of ether oxygens (including phenoxy) is 1. The average molecular weight is 443 g/mol. The molecule has 3 fully saturated rings. The highest BCUT2D eigenvalue weighted by Gasteiger charge is 2.59. The van der Waals surface area contributed by atoms with E-state index in [9.17, 15) is 4.79 Å². The number of fused-ring (bicyclic) bond motifs is 5. The fraction of sp³-hybridized carbons (Fsp3) is 0.900. The van der Waals surface area contributed by atoms with Gasteiger partial charge in [0.25, 0.3) is 0 Å². The Labute approximate surface area is 198 Å². The lowest BCUT2D eigenvalue weighted by Crippen LogP contribution is -2.51. The molecule has 0 spiro atoms. The molecule has 0 aromatic carbocycles. The molecule has 0 aliphatic heterocycles. The van der Waals surface area contributed by atoms with Gasteiger partial charge < -0.3 is 4.74 Å². The standard InChI is InChI=1S/C30H50O2/c1-7-28(31)32-23-15-17-29(5)22(19-23)11-12-24-26-14-13-25(21(4)10-8-9-20(2)3)30(26,6)18-16-27(24)29/h11,20-21,23-27H,7-10,12-19H2,1-6H3/t21?,23-,24?,25+,26?,27?,29-,30+/m0/s1. The molecule has 0 amide bonds. The third-order valence-electron chi connectivity index (χ3n) is 10.8. The van der Waals surface area contributed by atoms with Gasteiger partial charge in [0.2, 0.25) is 0 Å². The fourth-order valence-corrected chi connectivity index (χ4v) is 9.02. The highest BCUT2D eigenvalue weighted by Crippen LogP contribution is 2.67. The van der Waals surface area contributed by atoms with E-state index in [0.717, 1.165) is 48.3 Å². The van der Waals surface area contributed by atoms with Crippen LogP contribution in [0.4, 0.5) is 0 Å². The molecule has 0 heterocycles. The number of esters is 1. The average Bonchev–Trinajstić information content (AvgIpc) is 3.11. The SMILES string of the molecule is CCC(=O)O[C@H]1CC[C@@]2(C)C(=CCC3C2CC[C@@]2(C)C3CC[C@@H]2C(C)CCCC(C)C)C1. The van der Waals surface area contributed by atoms with E-state index in [0.29, 0.717) is 17.3 Å². The second kappa shape index (κ2) is 9.46. The molecule has 0 aromatic heterocycles. The second-order valence-corrected chi connectivity index (χ2v) is 13.0. The van der Waals surface area contributed by atoms with Gasteiger partial charge in [-0.2, -0.15) is 0 Å². The first kappa shape index (κ1) is 24.3. The second-order valence-electron chi connectivity index (χ2n) is 13.0. The van der Waals surface area contributed by atoms with E-state index < -0.39 is 0 Å². The largest absolute Gasteiger partial charge is 0.462 e. The van der Waals surface area contributed by atoms with Crippen molar-refractivity contribution in [1.29, 1.82) is 0 Å². The molecule has 0 radical (unpaired) electrons. The molecule has 2 nitrogen and oxygen atoms in total. The highest BCUT2D eigenvalue weighted by atomic mass is 16.5. The molecule has 4 unspecified atom stereocenters. The summed E-state index contributed by atoms with van der Waals surface area (Å²) in [4.78, 5) is 11.9. The third-order valence-corrected chi connectivity index (χ3v) is 10.8. The fourth-order valence-electron chi connectivity index (χ4n) is 9.02. The van der Waals surface area contributed by atoms with Crippen molar-refractivity contribution in [2.75, 3.05) is 0 Å². The van der Waals surface area contributed by atoms with Crippen LogP contribution >= 0.6 is 0 Å². The lowest BCUT2D eigenvalue weighted by atomic mass is 9.47. The van der Waals surface area contributed by atoms with Gasteiger partial charge in [-0.25, -0.2) is 0 Å². The molecular weight excluding hydrogens is 392 g/mol. The van der Waals surface area contributed by atoms with Crippen LogP contribution in [0.15, 0.2) is 11.6 Å². The van der Waals surface area contributed by atoms with Gasteiger partial charge in [0.15, 0.2) is 0 Å². The molecular formula is C30H50O2. The summed E-state index contributed by atoms with van der Waals surface area (Å²) in [6.07, 6.45) is 17.8. The van der Waals surface area contributed by atoms with Crippen LogP contribution in [-0.4, -0.2) is 12.1 Å². The first-order chi connectivity index (χ1) is 15.2. The molecule has 32 heavy (non-hydrogen) atoms. The summed E-state index contributed by atoms with van der Waals surface area (Å²) < 4.78 is 5.76. The van der Waals surface area contributed by atoms with Crippen LogP contribution in [-0.2, 0) is 9.53 Å². The summed E-state index contributed by atoms with van der Waals surface area (Å²) in [6, 6.07) is 0. The van der Waals surface area contributed by atoms with Crippen molar-refractivity contribution in [2.45, 2.75) is 125 Å². The van der Waals surface area contributed by atoms with Crippen LogP contribution in [0.2, 0.25) is 0 Å². The van der Waals surface area contributed by atoms with E-state index in [-0.39, 0.29) is 12.1 Å². The molecule has 4 rings (SSSR count). The summed E-state index contributed by atoms with van der Waals surface area (Å²) in [5.74, 6) is 5.28. The van der Waals surface area contributed by atoms with Gasteiger partial charge in [-0.15, -0.1) is 0 Å². The first-order valence-electron chi connectivity index (χ1n) is 14.1. The van der Waals surface area contributed by atoms with Gasteiger partial charge in [-0.05, 0) is 91.3 Å². The Morgan fingerprint density at radius 1 is 1.06 bits per heavy atom. The van der Waals surface area contributed by atoms with E-state index >= 15 is 0 Å². The van der Waals surface area contributed by atoms with Crippen molar-refractivity contribution in [3.05, 3.63) is 11.6 Å². The minimum atomic E-state index is -0.0270. The quantitative estimate of drug-likeness (QED) is 0.292. The zero-order chi connectivity index (χ0) is 23.1. The maximum Gasteiger partial charge on any atom is 0.305 e. The van der Waals surface area contributed by atoms with Gasteiger partial charge in [-0.1, -0.05) is 72.5 Å². The van der Waals surface area contributed by atoms with Crippen molar-refractivity contribution in [1.82, 2.24) is 0 Å². The summed E-state index contributed by atoms with van der Waals surface area (Å²) in [5.41, 5.74) is 2.54. The lowest BCUT2D eigenvalue weighted by molar-refractivity contribution is -0.151. The predicted octanol–water partition coefficient (Wildman–Crippen LogP) is 8.35. The zero-order valence-electron chi connectivity index (χ0n) is 21.9. The smallest absolute Gasteiger partial charge is 0.305 e. The monoisotopic (exact) mass is 442 g/mol. The Balaban J connectivity index is 1.45. The molecule has 4 aliphatic carbocycles. The number of allylic oxidation sites excluding steroid dienone is 1. The number of carbonyl (C=O) groups is 1. The van der Waals surface area contributed by atoms with Crippen molar-refractivity contribution < 1.29 is 9.53 Å². The summed E-state index contributed by atoms with van der Waals surface area (Å²) in [6.45, 7) is 14.5. The summed E-state index contributed by atoms with van der Waals surface area (Å²) in [5, 5.41) is 0. The van der Waals surface area contributed by atoms with Crippen LogP contribution in [0, 0.1) is 46.3 Å². The Kier molecular flexibility index (Phi) is 7.19. The Bertz CT molecular complexity index is 708. The molecule has 0 bridgehead atoms. The number of hydrogen-bond acceptors (Lipinski definition) is 2. The van der Waals surface area contributed by atoms with Crippen molar-refractivity contribution >= 4 is 5.97 Å². The molecule has 0 saturated heterocycles. The molecule has 182 valence electrons. The maximum atomic E-state index is 11.9. The Morgan fingerprint density at radius 2 is 1.84 bits per heavy atom. The summed E-state index contributed by atoms with van der Waals surface area (Å²) in [7, 11) is 0. The Morgan fingerprint density at radius 3 is 2.56 bits per heavy atom. The molecule has 3 saturated carbocycles. The van der Waals surface area contributed by atoms with Gasteiger partial charge in [0.1, 0.15) is 6.10 Å². The van der Waals surface area contributed by atoms with E-state index in [1.54, 1.807) is 5.57 Å². The van der Waals surface area contributed by atoms with Gasteiger partial charge in [0, 0.05) is 12.8 Å². The molecule has 8 atom stereocenters. The number of rotatable bonds is 7. The van der Waals surface area contributed by atoms with Crippen molar-refractivity contribution in [2.24, 2.45) is 46.3 Å². The molecule has 2 heteroatoms. The van der Waals surface area contributed by atoms with Crippen molar-refractivity contribution in [3.8, 4) is 0 Å². The summed E-state index contributed by atoms with van der Waals surface area (Å²) >= 11 is 0. The topological polar surface area (TPSA) is 26.3 Å². The van der Waals surface area contributed by atoms with Crippen LogP contribution < -0.4 is 0 Å². The van der Waals surface area contributed by atoms with Crippen molar-refractivity contribution in [3.63, 3.8) is 0 Å². The number of carbonyl (C=O) groups excluding carboxylic acids is 1. The Hall–Kier alpha value is -0.790. The van der Waals surface area contributed by atoms with E-state index in [2.05, 4.69) is 40.7 Å². The highest BCUT2D eigenvalue weighted by molar-refractivity contribution is 5.69. The van der Waals surface area contributed by atoms with Crippen LogP contribution in [0.5, 0.6) is 0 Å².